The van der Waals surface area contributed by atoms with Crippen molar-refractivity contribution in [3.63, 3.8) is 0 Å². The number of hydrogen-bond acceptors (Lipinski definition) is 5. The van der Waals surface area contributed by atoms with E-state index >= 15 is 0 Å². The molecule has 7 heteroatoms. The minimum Gasteiger partial charge on any atom is -0.342 e. The van der Waals surface area contributed by atoms with E-state index in [2.05, 4.69) is 31.8 Å². The summed E-state index contributed by atoms with van der Waals surface area (Å²) in [5, 5.41) is 4.48. The zero-order valence-electron chi connectivity index (χ0n) is 14.2. The van der Waals surface area contributed by atoms with Crippen LogP contribution in [0.3, 0.4) is 0 Å². The molecule has 0 unspecified atom stereocenters. The molecule has 7 nitrogen and oxygen atoms in total. The first-order valence-corrected chi connectivity index (χ1v) is 8.88. The minimum atomic E-state index is -0.176. The monoisotopic (exact) mass is 328 g/mol. The van der Waals surface area contributed by atoms with Gasteiger partial charge >= 0.3 is 0 Å². The second-order valence-corrected chi connectivity index (χ2v) is 7.03. The highest BCUT2D eigenvalue weighted by molar-refractivity contribution is 5.84. The molecule has 2 fully saturated rings. The lowest BCUT2D eigenvalue weighted by Gasteiger charge is -2.39. The van der Waals surface area contributed by atoms with E-state index in [-0.39, 0.29) is 5.41 Å². The first kappa shape index (κ1) is 15.5. The minimum absolute atomic E-state index is 0.176. The lowest BCUT2D eigenvalue weighted by molar-refractivity contribution is -0.145. The van der Waals surface area contributed by atoms with Gasteiger partial charge in [-0.2, -0.15) is 4.98 Å². The van der Waals surface area contributed by atoms with E-state index < -0.39 is 0 Å². The third-order valence-corrected chi connectivity index (χ3v) is 5.28. The quantitative estimate of drug-likeness (QED) is 0.847. The van der Waals surface area contributed by atoms with E-state index in [1.807, 2.05) is 12.3 Å². The molecule has 1 spiro atoms. The Hall–Kier alpha value is -2.02. The van der Waals surface area contributed by atoms with E-state index in [0.717, 1.165) is 57.7 Å². The van der Waals surface area contributed by atoms with Gasteiger partial charge in [-0.15, -0.1) is 5.10 Å². The van der Waals surface area contributed by atoms with Crippen LogP contribution in [0, 0.1) is 5.41 Å². The van der Waals surface area contributed by atoms with Gasteiger partial charge in [-0.05, 0) is 38.3 Å². The fourth-order valence-corrected chi connectivity index (χ4v) is 4.15. The summed E-state index contributed by atoms with van der Waals surface area (Å²) in [6, 6.07) is 1.85. The number of hydrogen-bond donors (Lipinski definition) is 0. The summed E-state index contributed by atoms with van der Waals surface area (Å²) in [6.07, 6.45) is 7.71. The van der Waals surface area contributed by atoms with Crippen LogP contribution in [0.4, 0.5) is 0 Å². The van der Waals surface area contributed by atoms with Gasteiger partial charge in [0.05, 0.1) is 12.0 Å². The Morgan fingerprint density at radius 3 is 3.04 bits per heavy atom. The van der Waals surface area contributed by atoms with Crippen LogP contribution in [0.15, 0.2) is 18.5 Å². The van der Waals surface area contributed by atoms with E-state index in [0.29, 0.717) is 18.2 Å². The van der Waals surface area contributed by atoms with Gasteiger partial charge in [0.25, 0.3) is 5.78 Å². The first-order valence-electron chi connectivity index (χ1n) is 8.88. The van der Waals surface area contributed by atoms with Crippen molar-refractivity contribution in [3.05, 3.63) is 24.3 Å². The molecule has 1 amide bonds. The summed E-state index contributed by atoms with van der Waals surface area (Å²) < 4.78 is 1.70. The molecule has 0 N–H and O–H groups in total. The highest BCUT2D eigenvalue weighted by Crippen LogP contribution is 2.40. The van der Waals surface area contributed by atoms with E-state index in [1.54, 1.807) is 10.7 Å². The molecule has 0 aliphatic carbocycles. The summed E-state index contributed by atoms with van der Waals surface area (Å²) in [6.45, 7) is 6.41. The zero-order chi connectivity index (χ0) is 16.6. The van der Waals surface area contributed by atoms with Crippen molar-refractivity contribution in [2.24, 2.45) is 5.41 Å². The molecule has 0 aromatic carbocycles. The third kappa shape index (κ3) is 2.66. The molecule has 4 heterocycles. The molecule has 2 aliphatic rings. The number of fused-ring (bicyclic) bond motifs is 1. The Bertz CT molecular complexity index is 709. The Balaban J connectivity index is 1.46. The number of rotatable bonds is 4. The summed E-state index contributed by atoms with van der Waals surface area (Å²) in [5.41, 5.74) is -0.176. The van der Waals surface area contributed by atoms with Crippen LogP contribution in [0.1, 0.15) is 38.4 Å². The number of carbonyl (C=O) groups is 1. The van der Waals surface area contributed by atoms with Crippen LogP contribution in [-0.2, 0) is 11.3 Å². The topological polar surface area (TPSA) is 66.6 Å². The average molecular weight is 328 g/mol. The van der Waals surface area contributed by atoms with Gasteiger partial charge in [-0.3, -0.25) is 9.69 Å². The first-order chi connectivity index (χ1) is 11.7. The second-order valence-electron chi connectivity index (χ2n) is 7.03. The van der Waals surface area contributed by atoms with Gasteiger partial charge < -0.3 is 4.90 Å². The second kappa shape index (κ2) is 6.12. The van der Waals surface area contributed by atoms with Crippen LogP contribution >= 0.6 is 0 Å². The molecule has 0 bridgehead atoms. The van der Waals surface area contributed by atoms with Gasteiger partial charge in [0, 0.05) is 32.0 Å². The Labute approximate surface area is 141 Å². The molecule has 0 saturated carbocycles. The SMILES string of the molecule is CCCN1CCC[C@@]2(CCN(Cc3nc4ncccn4n3)C2)C1=O. The number of carbonyl (C=O) groups excluding carboxylic acids is 1. The van der Waals surface area contributed by atoms with E-state index in [9.17, 15) is 4.79 Å². The summed E-state index contributed by atoms with van der Waals surface area (Å²) in [5.74, 6) is 1.77. The van der Waals surface area contributed by atoms with Crippen molar-refractivity contribution in [1.29, 1.82) is 0 Å². The third-order valence-electron chi connectivity index (χ3n) is 5.28. The lowest BCUT2D eigenvalue weighted by atomic mass is 9.78. The molecular formula is C17H24N6O. The van der Waals surface area contributed by atoms with Crippen LogP contribution < -0.4 is 0 Å². The highest BCUT2D eigenvalue weighted by Gasteiger charge is 2.48. The molecule has 2 aromatic rings. The van der Waals surface area contributed by atoms with Crippen LogP contribution in [0.5, 0.6) is 0 Å². The molecule has 128 valence electrons. The Morgan fingerprint density at radius 1 is 1.29 bits per heavy atom. The molecule has 24 heavy (non-hydrogen) atoms. The fourth-order valence-electron chi connectivity index (χ4n) is 4.15. The molecule has 4 rings (SSSR count). The van der Waals surface area contributed by atoms with Crippen molar-refractivity contribution in [2.75, 3.05) is 26.2 Å². The number of amides is 1. The number of aromatic nitrogens is 4. The zero-order valence-corrected chi connectivity index (χ0v) is 14.2. The maximum atomic E-state index is 12.9. The highest BCUT2D eigenvalue weighted by atomic mass is 16.2. The van der Waals surface area contributed by atoms with Crippen LogP contribution in [0.2, 0.25) is 0 Å². The predicted octanol–water partition coefficient (Wildman–Crippen LogP) is 1.35. The van der Waals surface area contributed by atoms with E-state index in [4.69, 9.17) is 0 Å². The molecule has 2 saturated heterocycles. The Morgan fingerprint density at radius 2 is 2.21 bits per heavy atom. The van der Waals surface area contributed by atoms with Crippen molar-refractivity contribution < 1.29 is 4.79 Å². The van der Waals surface area contributed by atoms with Crippen LogP contribution in [-0.4, -0.2) is 61.5 Å². The molecular weight excluding hydrogens is 304 g/mol. The van der Waals surface area contributed by atoms with Gasteiger partial charge in [0.2, 0.25) is 5.91 Å². The molecule has 2 aromatic heterocycles. The van der Waals surface area contributed by atoms with Crippen molar-refractivity contribution >= 4 is 11.7 Å². The molecule has 1 atom stereocenters. The molecule has 2 aliphatic heterocycles. The van der Waals surface area contributed by atoms with Crippen molar-refractivity contribution in [1.82, 2.24) is 29.4 Å². The normalized spacial score (nSPS) is 25.2. The summed E-state index contributed by atoms with van der Waals surface area (Å²) in [4.78, 5) is 26.0. The maximum absolute atomic E-state index is 12.9. The fraction of sp³-hybridized carbons (Fsp3) is 0.647. The number of likely N-dealkylation sites (tertiary alicyclic amines) is 2. The average Bonchev–Trinajstić information content (AvgIpc) is 3.17. The summed E-state index contributed by atoms with van der Waals surface area (Å²) >= 11 is 0. The lowest BCUT2D eigenvalue weighted by Crippen LogP contribution is -2.50. The smallest absolute Gasteiger partial charge is 0.252 e. The summed E-state index contributed by atoms with van der Waals surface area (Å²) in [7, 11) is 0. The van der Waals surface area contributed by atoms with Gasteiger partial charge in [-0.25, -0.2) is 9.50 Å². The largest absolute Gasteiger partial charge is 0.342 e. The molecule has 0 radical (unpaired) electrons. The van der Waals surface area contributed by atoms with E-state index in [1.165, 1.54) is 0 Å². The van der Waals surface area contributed by atoms with Gasteiger partial charge in [-0.1, -0.05) is 6.92 Å². The van der Waals surface area contributed by atoms with Gasteiger partial charge in [0.1, 0.15) is 0 Å². The number of piperidine rings is 1. The standard InChI is InChI=1S/C17H24N6O/c1-2-8-22-9-3-5-17(15(22)24)6-11-21(13-17)12-14-19-16-18-7-4-10-23(16)20-14/h4,7,10H,2-3,5-6,8-9,11-13H2,1H3/t17-/m0/s1. The predicted molar refractivity (Wildman–Crippen MR) is 89.2 cm³/mol. The van der Waals surface area contributed by atoms with Crippen molar-refractivity contribution in [3.8, 4) is 0 Å². The van der Waals surface area contributed by atoms with Gasteiger partial charge in [0.15, 0.2) is 5.82 Å². The Kier molecular flexibility index (Phi) is 3.96. The maximum Gasteiger partial charge on any atom is 0.252 e. The number of nitrogens with zero attached hydrogens (tertiary/aromatic N) is 6. The van der Waals surface area contributed by atoms with Crippen LogP contribution in [0.25, 0.3) is 5.78 Å². The van der Waals surface area contributed by atoms with Crippen molar-refractivity contribution in [2.45, 2.75) is 39.2 Å².